The van der Waals surface area contributed by atoms with Gasteiger partial charge >= 0.3 is 0 Å². The van der Waals surface area contributed by atoms with Crippen LogP contribution < -0.4 is 4.90 Å². The first-order valence-electron chi connectivity index (χ1n) is 8.56. The van der Waals surface area contributed by atoms with Crippen LogP contribution in [0.15, 0.2) is 31.0 Å². The van der Waals surface area contributed by atoms with Gasteiger partial charge in [0, 0.05) is 43.8 Å². The Balaban J connectivity index is 1.51. The van der Waals surface area contributed by atoms with Gasteiger partial charge in [0.2, 0.25) is 0 Å². The van der Waals surface area contributed by atoms with Gasteiger partial charge in [-0.05, 0) is 18.8 Å². The summed E-state index contributed by atoms with van der Waals surface area (Å²) >= 11 is 0. The zero-order valence-electron chi connectivity index (χ0n) is 13.5. The highest BCUT2D eigenvalue weighted by Crippen LogP contribution is 2.31. The molecule has 0 N–H and O–H groups in total. The lowest BCUT2D eigenvalue weighted by Gasteiger charge is -2.27. The van der Waals surface area contributed by atoms with E-state index in [2.05, 4.69) is 35.2 Å². The van der Waals surface area contributed by atoms with Crippen molar-refractivity contribution in [2.45, 2.75) is 19.4 Å². The smallest absolute Gasteiger partial charge is 0.180 e. The molecule has 0 bridgehead atoms. The highest BCUT2D eigenvalue weighted by Gasteiger charge is 2.22. The maximum atomic E-state index is 5.44. The van der Waals surface area contributed by atoms with E-state index in [1.807, 2.05) is 24.8 Å². The average molecular weight is 324 g/mol. The van der Waals surface area contributed by atoms with Crippen molar-refractivity contribution in [2.24, 2.45) is 5.92 Å². The first-order valence-corrected chi connectivity index (χ1v) is 8.56. The van der Waals surface area contributed by atoms with Crippen LogP contribution in [0.25, 0.3) is 16.9 Å². The molecule has 1 saturated carbocycles. The SMILES string of the molecule is c1cn2c(-c3cnn(CC4CC4)c3)cnc2c(N2CCOCC2)n1. The van der Waals surface area contributed by atoms with Crippen LogP contribution >= 0.6 is 0 Å². The summed E-state index contributed by atoms with van der Waals surface area (Å²) in [5.41, 5.74) is 3.05. The third-order valence-corrected chi connectivity index (χ3v) is 4.79. The van der Waals surface area contributed by atoms with Crippen LogP contribution in [0.3, 0.4) is 0 Å². The van der Waals surface area contributed by atoms with Gasteiger partial charge < -0.3 is 9.64 Å². The van der Waals surface area contributed by atoms with Crippen LogP contribution in [-0.4, -0.2) is 50.5 Å². The summed E-state index contributed by atoms with van der Waals surface area (Å²) in [6.07, 6.45) is 12.5. The van der Waals surface area contributed by atoms with Crippen molar-refractivity contribution in [3.63, 3.8) is 0 Å². The minimum Gasteiger partial charge on any atom is -0.378 e. The van der Waals surface area contributed by atoms with Crippen molar-refractivity contribution < 1.29 is 4.74 Å². The molecule has 1 saturated heterocycles. The number of ether oxygens (including phenoxy) is 1. The zero-order valence-corrected chi connectivity index (χ0v) is 13.5. The summed E-state index contributed by atoms with van der Waals surface area (Å²) in [4.78, 5) is 11.4. The van der Waals surface area contributed by atoms with Crippen molar-refractivity contribution in [1.29, 1.82) is 0 Å². The van der Waals surface area contributed by atoms with Gasteiger partial charge in [-0.2, -0.15) is 5.10 Å². The molecule has 2 fully saturated rings. The van der Waals surface area contributed by atoms with Gasteiger partial charge in [-0.15, -0.1) is 0 Å². The molecule has 2 aliphatic rings. The van der Waals surface area contributed by atoms with E-state index in [-0.39, 0.29) is 0 Å². The Morgan fingerprint density at radius 2 is 2.00 bits per heavy atom. The highest BCUT2D eigenvalue weighted by molar-refractivity contribution is 5.70. The molecular formula is C17H20N6O. The summed E-state index contributed by atoms with van der Waals surface area (Å²) in [6.45, 7) is 4.22. The van der Waals surface area contributed by atoms with Crippen LogP contribution in [0, 0.1) is 5.92 Å². The number of nitrogens with zero attached hydrogens (tertiary/aromatic N) is 6. The third-order valence-electron chi connectivity index (χ3n) is 4.79. The fraction of sp³-hybridized carbons (Fsp3) is 0.471. The van der Waals surface area contributed by atoms with E-state index in [9.17, 15) is 0 Å². The molecule has 124 valence electrons. The fourth-order valence-electron chi connectivity index (χ4n) is 3.28. The van der Waals surface area contributed by atoms with E-state index in [4.69, 9.17) is 4.74 Å². The van der Waals surface area contributed by atoms with Crippen molar-refractivity contribution >= 4 is 11.5 Å². The third kappa shape index (κ3) is 2.45. The molecule has 24 heavy (non-hydrogen) atoms. The predicted molar refractivity (Wildman–Crippen MR) is 90.0 cm³/mol. The lowest BCUT2D eigenvalue weighted by atomic mass is 10.3. The second-order valence-corrected chi connectivity index (χ2v) is 6.58. The first-order chi connectivity index (χ1) is 11.9. The van der Waals surface area contributed by atoms with E-state index in [0.29, 0.717) is 0 Å². The molecule has 0 amide bonds. The lowest BCUT2D eigenvalue weighted by molar-refractivity contribution is 0.122. The van der Waals surface area contributed by atoms with Crippen LogP contribution in [0.1, 0.15) is 12.8 Å². The van der Waals surface area contributed by atoms with E-state index < -0.39 is 0 Å². The maximum absolute atomic E-state index is 5.44. The van der Waals surface area contributed by atoms with E-state index in [1.165, 1.54) is 12.8 Å². The summed E-state index contributed by atoms with van der Waals surface area (Å²) in [6, 6.07) is 0. The summed E-state index contributed by atoms with van der Waals surface area (Å²) in [5, 5.41) is 4.50. The molecule has 0 radical (unpaired) electrons. The van der Waals surface area contributed by atoms with E-state index in [1.54, 1.807) is 0 Å². The summed E-state index contributed by atoms with van der Waals surface area (Å²) in [7, 11) is 0. The fourth-order valence-corrected chi connectivity index (χ4v) is 3.28. The number of aromatic nitrogens is 5. The molecule has 4 heterocycles. The van der Waals surface area contributed by atoms with Crippen molar-refractivity contribution in [1.82, 2.24) is 24.1 Å². The van der Waals surface area contributed by atoms with Crippen molar-refractivity contribution in [3.05, 3.63) is 31.0 Å². The first kappa shape index (κ1) is 14.0. The van der Waals surface area contributed by atoms with Gasteiger partial charge in [0.15, 0.2) is 11.5 Å². The Hall–Kier alpha value is -2.41. The minimum atomic E-state index is 0.740. The molecule has 3 aromatic heterocycles. The largest absolute Gasteiger partial charge is 0.378 e. The number of imidazole rings is 1. The van der Waals surface area contributed by atoms with Gasteiger partial charge in [0.05, 0.1) is 31.3 Å². The van der Waals surface area contributed by atoms with E-state index >= 15 is 0 Å². The van der Waals surface area contributed by atoms with E-state index in [0.717, 1.165) is 61.5 Å². The molecule has 7 nitrogen and oxygen atoms in total. The molecule has 7 heteroatoms. The zero-order chi connectivity index (χ0) is 15.9. The topological polar surface area (TPSA) is 60.5 Å². The number of morpholine rings is 1. The van der Waals surface area contributed by atoms with Crippen molar-refractivity contribution in [2.75, 3.05) is 31.2 Å². The molecule has 1 aliphatic carbocycles. The number of fused-ring (bicyclic) bond motifs is 1. The Kier molecular flexibility index (Phi) is 3.26. The number of rotatable bonds is 4. The Bertz CT molecular complexity index is 859. The van der Waals surface area contributed by atoms with Gasteiger partial charge in [0.1, 0.15) is 0 Å². The standard InChI is InChI=1S/C17H20N6O/c1-2-13(1)11-22-12-14(9-20-22)15-10-19-17-16(18-3-4-23(15)17)21-5-7-24-8-6-21/h3-4,9-10,12-13H,1-2,5-8,11H2. The molecule has 0 unspecified atom stereocenters. The van der Waals surface area contributed by atoms with Crippen LogP contribution in [0.5, 0.6) is 0 Å². The normalized spacial score (nSPS) is 18.4. The van der Waals surface area contributed by atoms with Gasteiger partial charge in [-0.25, -0.2) is 9.97 Å². The second kappa shape index (κ2) is 5.59. The van der Waals surface area contributed by atoms with Crippen molar-refractivity contribution in [3.8, 4) is 11.3 Å². The lowest BCUT2D eigenvalue weighted by Crippen LogP contribution is -2.37. The molecule has 3 aromatic rings. The predicted octanol–water partition coefficient (Wildman–Crippen LogP) is 1.84. The monoisotopic (exact) mass is 324 g/mol. The number of hydrogen-bond donors (Lipinski definition) is 0. The Morgan fingerprint density at radius 1 is 1.12 bits per heavy atom. The minimum absolute atomic E-state index is 0.740. The molecule has 0 atom stereocenters. The Labute approximate surface area is 139 Å². The molecule has 0 spiro atoms. The average Bonchev–Trinajstić information content (AvgIpc) is 3.15. The molecule has 5 rings (SSSR count). The van der Waals surface area contributed by atoms with Gasteiger partial charge in [-0.3, -0.25) is 9.08 Å². The summed E-state index contributed by atoms with van der Waals surface area (Å²) < 4.78 is 9.60. The van der Waals surface area contributed by atoms with Crippen LogP contribution in [0.2, 0.25) is 0 Å². The van der Waals surface area contributed by atoms with Crippen LogP contribution in [0.4, 0.5) is 5.82 Å². The summed E-state index contributed by atoms with van der Waals surface area (Å²) in [5.74, 6) is 1.74. The molecule has 1 aliphatic heterocycles. The molecular weight excluding hydrogens is 304 g/mol. The quantitative estimate of drug-likeness (QED) is 0.733. The van der Waals surface area contributed by atoms with Crippen LogP contribution in [-0.2, 0) is 11.3 Å². The second-order valence-electron chi connectivity index (χ2n) is 6.58. The number of anilines is 1. The number of hydrogen-bond acceptors (Lipinski definition) is 5. The highest BCUT2D eigenvalue weighted by atomic mass is 16.5. The molecule has 0 aromatic carbocycles. The Morgan fingerprint density at radius 3 is 2.83 bits per heavy atom. The van der Waals surface area contributed by atoms with Gasteiger partial charge in [0.25, 0.3) is 0 Å². The van der Waals surface area contributed by atoms with Gasteiger partial charge in [-0.1, -0.05) is 0 Å². The maximum Gasteiger partial charge on any atom is 0.180 e.